The summed E-state index contributed by atoms with van der Waals surface area (Å²) in [6, 6.07) is 5.74. The van der Waals surface area contributed by atoms with Gasteiger partial charge in [0, 0.05) is 19.8 Å². The zero-order valence-corrected chi connectivity index (χ0v) is 16.4. The number of carbonyl (C=O) groups excluding carboxylic acids is 2. The van der Waals surface area contributed by atoms with Gasteiger partial charge in [-0.05, 0) is 43.2 Å². The summed E-state index contributed by atoms with van der Waals surface area (Å²) in [6.45, 7) is 5.79. The lowest BCUT2D eigenvalue weighted by atomic mass is 10.0. The van der Waals surface area contributed by atoms with E-state index in [0.717, 1.165) is 17.4 Å². The van der Waals surface area contributed by atoms with Gasteiger partial charge in [-0.15, -0.1) is 0 Å². The average Bonchev–Trinajstić information content (AvgIpc) is 2.93. The second kappa shape index (κ2) is 8.60. The molecule has 1 aliphatic heterocycles. The van der Waals surface area contributed by atoms with Gasteiger partial charge in [-0.3, -0.25) is 9.36 Å². The van der Waals surface area contributed by atoms with Crippen LogP contribution >= 0.6 is 0 Å². The quantitative estimate of drug-likeness (QED) is 0.785. The van der Waals surface area contributed by atoms with Crippen LogP contribution in [-0.4, -0.2) is 40.3 Å². The number of hydrogen-bond donors (Lipinski definition) is 2. The Morgan fingerprint density at radius 2 is 1.86 bits per heavy atom. The number of rotatable bonds is 6. The second-order valence-corrected chi connectivity index (χ2v) is 7.81. The summed E-state index contributed by atoms with van der Waals surface area (Å²) in [4.78, 5) is 37.7. The number of imidazole rings is 1. The molecule has 8 heteroatoms. The summed E-state index contributed by atoms with van der Waals surface area (Å²) < 4.78 is 8.14. The van der Waals surface area contributed by atoms with Crippen molar-refractivity contribution >= 4 is 23.0 Å². The van der Waals surface area contributed by atoms with Crippen LogP contribution in [0.4, 0.5) is 4.79 Å². The molecule has 28 heavy (non-hydrogen) atoms. The van der Waals surface area contributed by atoms with Gasteiger partial charge in [0.15, 0.2) is 0 Å². The van der Waals surface area contributed by atoms with Crippen molar-refractivity contribution in [1.29, 1.82) is 0 Å². The number of fused-ring (bicyclic) bond motifs is 1. The van der Waals surface area contributed by atoms with Gasteiger partial charge in [0.25, 0.3) is 0 Å². The number of ether oxygens (including phenoxy) is 1. The minimum atomic E-state index is -0.822. The molecule has 8 nitrogen and oxygen atoms in total. The number of nitrogens with zero attached hydrogens (tertiary/aromatic N) is 2. The van der Waals surface area contributed by atoms with E-state index in [-0.39, 0.29) is 5.92 Å². The molecule has 2 aromatic rings. The molecule has 2 heterocycles. The molecule has 0 radical (unpaired) electrons. The maximum absolute atomic E-state index is 13.1. The monoisotopic (exact) mass is 388 g/mol. The molecule has 1 fully saturated rings. The maximum atomic E-state index is 13.1. The molecule has 0 spiro atoms. The van der Waals surface area contributed by atoms with E-state index in [4.69, 9.17) is 10.5 Å². The van der Waals surface area contributed by atoms with Crippen LogP contribution in [0.1, 0.15) is 33.1 Å². The van der Waals surface area contributed by atoms with E-state index < -0.39 is 23.7 Å². The molecular formula is C20H28N4O4. The summed E-state index contributed by atoms with van der Waals surface area (Å²) in [6.07, 6.45) is 2.18. The molecule has 152 valence electrons. The first-order valence-corrected chi connectivity index (χ1v) is 9.76. The van der Waals surface area contributed by atoms with E-state index in [9.17, 15) is 14.4 Å². The van der Waals surface area contributed by atoms with E-state index in [1.807, 2.05) is 26.0 Å². The van der Waals surface area contributed by atoms with Crippen LogP contribution in [0.3, 0.4) is 0 Å². The Balaban J connectivity index is 1.94. The molecule has 2 amide bonds. The fourth-order valence-electron chi connectivity index (χ4n) is 3.70. The highest BCUT2D eigenvalue weighted by Gasteiger charge is 2.25. The van der Waals surface area contributed by atoms with Gasteiger partial charge in [0.2, 0.25) is 5.91 Å². The van der Waals surface area contributed by atoms with E-state index in [1.54, 1.807) is 16.7 Å². The van der Waals surface area contributed by atoms with Crippen LogP contribution in [-0.2, 0) is 16.1 Å². The van der Waals surface area contributed by atoms with Crippen LogP contribution in [0.2, 0.25) is 0 Å². The molecule has 0 bridgehead atoms. The summed E-state index contributed by atoms with van der Waals surface area (Å²) in [5, 5.41) is 2.63. The fourth-order valence-corrected chi connectivity index (χ4v) is 3.70. The van der Waals surface area contributed by atoms with Crippen molar-refractivity contribution in [3.05, 3.63) is 34.7 Å². The van der Waals surface area contributed by atoms with Crippen molar-refractivity contribution in [2.45, 2.75) is 45.7 Å². The number of amides is 2. The topological polar surface area (TPSA) is 108 Å². The van der Waals surface area contributed by atoms with E-state index in [1.165, 1.54) is 0 Å². The fraction of sp³-hybridized carbons (Fsp3) is 0.550. The third-order valence-corrected chi connectivity index (χ3v) is 5.17. The smallest absolute Gasteiger partial charge is 0.337 e. The number of hydrogen-bond acceptors (Lipinski definition) is 4. The third kappa shape index (κ3) is 4.27. The van der Waals surface area contributed by atoms with Crippen molar-refractivity contribution in [2.75, 3.05) is 13.2 Å². The van der Waals surface area contributed by atoms with Gasteiger partial charge >= 0.3 is 11.7 Å². The third-order valence-electron chi connectivity index (χ3n) is 5.17. The normalized spacial score (nSPS) is 16.4. The van der Waals surface area contributed by atoms with Crippen LogP contribution in [0, 0.1) is 11.8 Å². The highest BCUT2D eigenvalue weighted by molar-refractivity contribution is 5.92. The Kier molecular flexibility index (Phi) is 6.18. The zero-order valence-electron chi connectivity index (χ0n) is 16.4. The number of carbonyl (C=O) groups is 2. The minimum absolute atomic E-state index is 0.171. The summed E-state index contributed by atoms with van der Waals surface area (Å²) in [5.74, 6) is -0.112. The van der Waals surface area contributed by atoms with Crippen LogP contribution in [0.5, 0.6) is 0 Å². The predicted octanol–water partition coefficient (Wildman–Crippen LogP) is 1.69. The van der Waals surface area contributed by atoms with E-state index in [0.29, 0.717) is 43.1 Å². The molecule has 1 atom stereocenters. The molecule has 0 unspecified atom stereocenters. The lowest BCUT2D eigenvalue weighted by molar-refractivity contribution is -0.120. The van der Waals surface area contributed by atoms with Gasteiger partial charge in [0.1, 0.15) is 6.04 Å². The van der Waals surface area contributed by atoms with Gasteiger partial charge in [0.05, 0.1) is 11.0 Å². The largest absolute Gasteiger partial charge is 0.381 e. The molecule has 0 aliphatic carbocycles. The lowest BCUT2D eigenvalue weighted by Crippen LogP contribution is -2.48. The first kappa shape index (κ1) is 20.1. The maximum Gasteiger partial charge on any atom is 0.337 e. The summed E-state index contributed by atoms with van der Waals surface area (Å²) in [7, 11) is 0. The van der Waals surface area contributed by atoms with Crippen molar-refractivity contribution in [3.63, 3.8) is 0 Å². The van der Waals surface area contributed by atoms with Crippen LogP contribution in [0.25, 0.3) is 11.0 Å². The Morgan fingerprint density at radius 3 is 2.46 bits per heavy atom. The average molecular weight is 388 g/mol. The van der Waals surface area contributed by atoms with Gasteiger partial charge in [-0.2, -0.15) is 0 Å². The molecule has 3 rings (SSSR count). The van der Waals surface area contributed by atoms with Gasteiger partial charge < -0.3 is 15.8 Å². The number of para-hydroxylation sites is 2. The van der Waals surface area contributed by atoms with Crippen molar-refractivity contribution < 1.29 is 14.3 Å². The number of nitrogens with one attached hydrogen (secondary N) is 1. The van der Waals surface area contributed by atoms with E-state index in [2.05, 4.69) is 5.32 Å². The Hall–Kier alpha value is -2.61. The van der Waals surface area contributed by atoms with Crippen LogP contribution in [0.15, 0.2) is 29.1 Å². The summed E-state index contributed by atoms with van der Waals surface area (Å²) in [5.41, 5.74) is 6.25. The Labute approximate surface area is 163 Å². The number of benzene rings is 1. The van der Waals surface area contributed by atoms with E-state index >= 15 is 0 Å². The van der Waals surface area contributed by atoms with Crippen LogP contribution < -0.4 is 16.7 Å². The first-order valence-electron chi connectivity index (χ1n) is 9.76. The van der Waals surface area contributed by atoms with Crippen molar-refractivity contribution in [2.24, 2.45) is 17.6 Å². The zero-order chi connectivity index (χ0) is 20.3. The standard InChI is InChI=1S/C20H28N4O4/c1-13(2)11-15(18(21)25)22-19(26)24-17-6-4-3-5-16(17)23(20(24)27)12-14-7-9-28-10-8-14/h3-6,13-15H,7-12H2,1-2H3,(H2,21,25)(H,22,26)/t15-/m0/s1. The molecule has 1 aliphatic rings. The van der Waals surface area contributed by atoms with Crippen molar-refractivity contribution in [1.82, 2.24) is 14.5 Å². The highest BCUT2D eigenvalue weighted by Crippen LogP contribution is 2.20. The minimum Gasteiger partial charge on any atom is -0.381 e. The predicted molar refractivity (Wildman–Crippen MR) is 106 cm³/mol. The SMILES string of the molecule is CC(C)C[C@H](NC(=O)n1c(=O)n(CC2CCOCC2)c2ccccc21)C(N)=O. The Morgan fingerprint density at radius 1 is 1.21 bits per heavy atom. The Bertz CT molecular complexity index is 909. The highest BCUT2D eigenvalue weighted by atomic mass is 16.5. The second-order valence-electron chi connectivity index (χ2n) is 7.81. The molecule has 1 aromatic carbocycles. The molecule has 1 saturated heterocycles. The number of aromatic nitrogens is 2. The lowest BCUT2D eigenvalue weighted by Gasteiger charge is -2.22. The number of nitrogens with two attached hydrogens (primary N) is 1. The number of primary amides is 1. The first-order chi connectivity index (χ1) is 13.4. The molecule has 3 N–H and O–H groups in total. The summed E-state index contributed by atoms with van der Waals surface area (Å²) >= 11 is 0. The van der Waals surface area contributed by atoms with Gasteiger partial charge in [-0.1, -0.05) is 26.0 Å². The molecule has 1 aromatic heterocycles. The molecule has 0 saturated carbocycles. The molecular weight excluding hydrogens is 360 g/mol. The van der Waals surface area contributed by atoms with Gasteiger partial charge in [-0.25, -0.2) is 14.2 Å². The van der Waals surface area contributed by atoms with Crippen molar-refractivity contribution in [3.8, 4) is 0 Å².